The van der Waals surface area contributed by atoms with Gasteiger partial charge in [-0.1, -0.05) is 0 Å². The second-order valence-electron chi connectivity index (χ2n) is 8.19. The Balaban J connectivity index is 1.42. The van der Waals surface area contributed by atoms with Gasteiger partial charge < -0.3 is 29.3 Å². The Morgan fingerprint density at radius 3 is 2.62 bits per heavy atom. The van der Waals surface area contributed by atoms with Gasteiger partial charge in [0.15, 0.2) is 0 Å². The Kier molecular flexibility index (Phi) is 6.98. The molecule has 1 fully saturated rings. The van der Waals surface area contributed by atoms with Crippen LogP contribution in [0.2, 0.25) is 0 Å². The number of ether oxygens (including phenoxy) is 2. The van der Waals surface area contributed by atoms with E-state index in [1.807, 2.05) is 28.5 Å². The predicted octanol–water partition coefficient (Wildman–Crippen LogP) is 3.03. The lowest BCUT2D eigenvalue weighted by molar-refractivity contribution is 0.150. The van der Waals surface area contributed by atoms with Crippen molar-refractivity contribution in [2.45, 2.75) is 6.42 Å². The number of benzene rings is 1. The zero-order chi connectivity index (χ0) is 22.7. The summed E-state index contributed by atoms with van der Waals surface area (Å²) >= 11 is 1.42. The van der Waals surface area contributed by atoms with Crippen molar-refractivity contribution in [2.75, 3.05) is 67.1 Å². The molecule has 8 nitrogen and oxygen atoms in total. The van der Waals surface area contributed by atoms with Gasteiger partial charge in [-0.05, 0) is 38.2 Å². The third-order valence-corrected chi connectivity index (χ3v) is 6.94. The van der Waals surface area contributed by atoms with E-state index in [0.717, 1.165) is 62.7 Å². The zero-order valence-corrected chi connectivity index (χ0v) is 19.7. The highest BCUT2D eigenvalue weighted by atomic mass is 32.1. The van der Waals surface area contributed by atoms with Crippen LogP contribution < -0.4 is 9.47 Å². The highest BCUT2D eigenvalue weighted by Crippen LogP contribution is 2.37. The van der Waals surface area contributed by atoms with Crippen molar-refractivity contribution in [1.82, 2.24) is 19.7 Å². The van der Waals surface area contributed by atoms with Gasteiger partial charge in [0.1, 0.15) is 28.1 Å². The Bertz CT molecular complexity index is 997. The zero-order valence-electron chi connectivity index (χ0n) is 18.9. The van der Waals surface area contributed by atoms with Crippen molar-refractivity contribution in [3.63, 3.8) is 0 Å². The van der Waals surface area contributed by atoms with E-state index in [1.165, 1.54) is 11.3 Å². The average molecular weight is 458 g/mol. The van der Waals surface area contributed by atoms with E-state index in [-0.39, 0.29) is 5.76 Å². The summed E-state index contributed by atoms with van der Waals surface area (Å²) in [6, 6.07) is 5.58. The molecule has 2 aliphatic heterocycles. The van der Waals surface area contributed by atoms with E-state index in [2.05, 4.69) is 16.8 Å². The molecular formula is C23H31N5O3S. The maximum atomic E-state index is 10.6. The second-order valence-corrected chi connectivity index (χ2v) is 9.05. The molecule has 1 aromatic heterocycles. The Morgan fingerprint density at radius 1 is 1.12 bits per heavy atom. The normalized spacial score (nSPS) is 18.0. The first-order valence-electron chi connectivity index (χ1n) is 10.9. The number of nitrogens with one attached hydrogen (secondary N) is 1. The van der Waals surface area contributed by atoms with Crippen LogP contribution in [0.25, 0.3) is 16.8 Å². The lowest BCUT2D eigenvalue weighted by atomic mass is 10.1. The standard InChI is InChI=1S/C23H31N5O3S/c1-26-9-11-27(12-10-26)7-4-8-28-14-19(29)21(22(28)24)23-25-18(15-32-23)17-13-16(30-2)5-6-20(17)31-3/h5-6,13,15,24,29H,4,7-12,14H2,1-3H3. The number of rotatable bonds is 8. The Hall–Kier alpha value is -2.62. The highest BCUT2D eigenvalue weighted by molar-refractivity contribution is 7.11. The molecule has 0 saturated carbocycles. The van der Waals surface area contributed by atoms with Crippen LogP contribution in [-0.4, -0.2) is 97.7 Å². The van der Waals surface area contributed by atoms with E-state index in [1.54, 1.807) is 14.2 Å². The molecule has 32 heavy (non-hydrogen) atoms. The first-order chi connectivity index (χ1) is 15.5. The van der Waals surface area contributed by atoms with Crippen LogP contribution in [0.3, 0.4) is 0 Å². The summed E-state index contributed by atoms with van der Waals surface area (Å²) in [5.74, 6) is 1.98. The molecule has 0 atom stereocenters. The molecule has 0 unspecified atom stereocenters. The number of amidine groups is 1. The van der Waals surface area contributed by atoms with Crippen LogP contribution in [0.1, 0.15) is 11.4 Å². The summed E-state index contributed by atoms with van der Waals surface area (Å²) in [6.07, 6.45) is 0.969. The summed E-state index contributed by atoms with van der Waals surface area (Å²) in [7, 11) is 5.41. The van der Waals surface area contributed by atoms with Gasteiger partial charge in [-0.15, -0.1) is 11.3 Å². The summed E-state index contributed by atoms with van der Waals surface area (Å²) in [5.41, 5.74) is 2.09. The molecular weight excluding hydrogens is 426 g/mol. The van der Waals surface area contributed by atoms with Gasteiger partial charge in [-0.25, -0.2) is 4.98 Å². The molecule has 4 rings (SSSR count). The van der Waals surface area contributed by atoms with E-state index in [9.17, 15) is 5.11 Å². The molecule has 172 valence electrons. The van der Waals surface area contributed by atoms with Crippen LogP contribution in [0.15, 0.2) is 29.3 Å². The molecule has 2 aliphatic rings. The monoisotopic (exact) mass is 457 g/mol. The fourth-order valence-corrected chi connectivity index (χ4v) is 5.02. The number of likely N-dealkylation sites (N-methyl/N-ethyl adjacent to an activating group) is 1. The van der Waals surface area contributed by atoms with Gasteiger partial charge in [0.05, 0.1) is 32.0 Å². The second kappa shape index (κ2) is 9.89. The van der Waals surface area contributed by atoms with Crippen molar-refractivity contribution >= 4 is 22.7 Å². The smallest absolute Gasteiger partial charge is 0.135 e. The van der Waals surface area contributed by atoms with Gasteiger partial charge in [0, 0.05) is 43.7 Å². The van der Waals surface area contributed by atoms with E-state index < -0.39 is 0 Å². The van der Waals surface area contributed by atoms with E-state index in [0.29, 0.717) is 28.7 Å². The number of aliphatic hydroxyl groups is 1. The summed E-state index contributed by atoms with van der Waals surface area (Å²) in [6.45, 7) is 6.54. The summed E-state index contributed by atoms with van der Waals surface area (Å²) in [4.78, 5) is 11.5. The van der Waals surface area contributed by atoms with E-state index in [4.69, 9.17) is 19.9 Å². The van der Waals surface area contributed by atoms with Crippen molar-refractivity contribution in [3.8, 4) is 22.8 Å². The molecule has 0 radical (unpaired) electrons. The van der Waals surface area contributed by atoms with Crippen molar-refractivity contribution in [2.24, 2.45) is 0 Å². The number of hydrogen-bond acceptors (Lipinski definition) is 8. The lowest BCUT2D eigenvalue weighted by Crippen LogP contribution is -2.45. The maximum Gasteiger partial charge on any atom is 0.135 e. The molecule has 3 heterocycles. The largest absolute Gasteiger partial charge is 0.510 e. The fraction of sp³-hybridized carbons (Fsp3) is 0.478. The third kappa shape index (κ3) is 4.74. The van der Waals surface area contributed by atoms with Crippen LogP contribution in [-0.2, 0) is 0 Å². The number of methoxy groups -OCH3 is 2. The van der Waals surface area contributed by atoms with Gasteiger partial charge in [0.2, 0.25) is 0 Å². The number of piperazine rings is 1. The minimum absolute atomic E-state index is 0.216. The molecule has 0 aliphatic carbocycles. The number of aliphatic hydroxyl groups excluding tert-OH is 1. The molecule has 2 aromatic rings. The van der Waals surface area contributed by atoms with Crippen LogP contribution in [0.5, 0.6) is 11.5 Å². The van der Waals surface area contributed by atoms with E-state index >= 15 is 0 Å². The summed E-state index contributed by atoms with van der Waals surface area (Å²) < 4.78 is 10.8. The molecule has 0 spiro atoms. The highest BCUT2D eigenvalue weighted by Gasteiger charge is 2.30. The molecule has 1 aromatic carbocycles. The molecule has 1 saturated heterocycles. The Morgan fingerprint density at radius 2 is 1.91 bits per heavy atom. The minimum atomic E-state index is 0.216. The molecule has 0 amide bonds. The SMILES string of the molecule is COc1ccc(OC)c(-c2csc(C3=C(O)CN(CCCN4CCN(C)CC4)C3=N)n2)c1. The average Bonchev–Trinajstić information content (AvgIpc) is 3.38. The predicted molar refractivity (Wildman–Crippen MR) is 128 cm³/mol. The van der Waals surface area contributed by atoms with Gasteiger partial charge >= 0.3 is 0 Å². The molecule has 9 heteroatoms. The topological polar surface area (TPSA) is 85.2 Å². The van der Waals surface area contributed by atoms with Crippen LogP contribution >= 0.6 is 11.3 Å². The van der Waals surface area contributed by atoms with Crippen molar-refractivity contribution < 1.29 is 14.6 Å². The van der Waals surface area contributed by atoms with Gasteiger partial charge in [-0.2, -0.15) is 0 Å². The van der Waals surface area contributed by atoms with Gasteiger partial charge in [0.25, 0.3) is 0 Å². The third-order valence-electron chi connectivity index (χ3n) is 6.08. The number of hydrogen-bond donors (Lipinski definition) is 2. The Labute approximate surface area is 193 Å². The van der Waals surface area contributed by atoms with Crippen LogP contribution in [0, 0.1) is 5.41 Å². The first kappa shape index (κ1) is 22.6. The molecule has 2 N–H and O–H groups in total. The first-order valence-corrected chi connectivity index (χ1v) is 11.7. The number of thiazole rings is 1. The van der Waals surface area contributed by atoms with Crippen molar-refractivity contribution in [3.05, 3.63) is 34.3 Å². The van der Waals surface area contributed by atoms with Crippen LogP contribution in [0.4, 0.5) is 0 Å². The summed E-state index contributed by atoms with van der Waals surface area (Å²) in [5, 5.41) is 21.8. The molecule has 0 bridgehead atoms. The maximum absolute atomic E-state index is 10.6. The quantitative estimate of drug-likeness (QED) is 0.630. The van der Waals surface area contributed by atoms with Gasteiger partial charge in [-0.3, -0.25) is 5.41 Å². The lowest BCUT2D eigenvalue weighted by Gasteiger charge is -2.32. The number of nitrogens with zero attached hydrogens (tertiary/aromatic N) is 4. The minimum Gasteiger partial charge on any atom is -0.510 e. The number of aromatic nitrogens is 1. The fourth-order valence-electron chi connectivity index (χ4n) is 4.13. The van der Waals surface area contributed by atoms with Crippen molar-refractivity contribution in [1.29, 1.82) is 5.41 Å².